The largest absolute Gasteiger partial charge is 0.497 e. The highest BCUT2D eigenvalue weighted by Crippen LogP contribution is 2.34. The molecule has 2 aromatic carbocycles. The fraction of sp³-hybridized carbons (Fsp3) is 0.438. The van der Waals surface area contributed by atoms with Crippen molar-refractivity contribution in [2.24, 2.45) is 0 Å². The van der Waals surface area contributed by atoms with Gasteiger partial charge in [0.1, 0.15) is 35.3 Å². The summed E-state index contributed by atoms with van der Waals surface area (Å²) in [5, 5.41) is 3.54. The molecule has 2 amide bonds. The summed E-state index contributed by atoms with van der Waals surface area (Å²) in [5.41, 5.74) is 1.54. The van der Waals surface area contributed by atoms with Crippen molar-refractivity contribution >= 4 is 28.9 Å². The Morgan fingerprint density at radius 1 is 1.07 bits per heavy atom. The zero-order valence-corrected chi connectivity index (χ0v) is 25.0. The zero-order chi connectivity index (χ0) is 30.4. The molecule has 3 atom stereocenters. The molecule has 1 fully saturated rings. The van der Waals surface area contributed by atoms with E-state index in [-0.39, 0.29) is 13.0 Å². The number of methoxy groups -OCH3 is 2. The lowest BCUT2D eigenvalue weighted by Gasteiger charge is -2.28. The first-order valence-corrected chi connectivity index (χ1v) is 14.1. The van der Waals surface area contributed by atoms with Gasteiger partial charge in [0.25, 0.3) is 0 Å². The number of nitrogens with zero attached hydrogens (tertiary/aromatic N) is 2. The summed E-state index contributed by atoms with van der Waals surface area (Å²) in [6.07, 6.45) is 0.105. The van der Waals surface area contributed by atoms with Crippen molar-refractivity contribution in [1.82, 2.24) is 15.2 Å². The molecule has 0 saturated carbocycles. The van der Waals surface area contributed by atoms with E-state index in [4.69, 9.17) is 23.9 Å². The van der Waals surface area contributed by atoms with Gasteiger partial charge in [-0.1, -0.05) is 43.7 Å². The third-order valence-electron chi connectivity index (χ3n) is 6.92. The summed E-state index contributed by atoms with van der Waals surface area (Å²) >= 11 is 0. The number of ether oxygens (including phenoxy) is 4. The summed E-state index contributed by atoms with van der Waals surface area (Å²) in [6, 6.07) is 15.4. The highest BCUT2D eigenvalue weighted by atomic mass is 16.6. The number of hydrogen-bond donors (Lipinski definition) is 1. The molecule has 10 nitrogen and oxygen atoms in total. The number of hydrogen-bond acceptors (Lipinski definition) is 8. The third kappa shape index (κ3) is 7.29. The van der Waals surface area contributed by atoms with E-state index in [0.717, 1.165) is 10.9 Å². The van der Waals surface area contributed by atoms with Crippen LogP contribution in [0.5, 0.6) is 11.5 Å². The number of fused-ring (bicyclic) bond motifs is 1. The van der Waals surface area contributed by atoms with Crippen LogP contribution in [-0.2, 0) is 19.1 Å². The molecule has 10 heteroatoms. The molecule has 224 valence electrons. The van der Waals surface area contributed by atoms with E-state index in [1.807, 2.05) is 61.5 Å². The van der Waals surface area contributed by atoms with Gasteiger partial charge in [-0.25, -0.2) is 14.6 Å². The fourth-order valence-electron chi connectivity index (χ4n) is 4.94. The Hall–Kier alpha value is -4.34. The van der Waals surface area contributed by atoms with Crippen LogP contribution >= 0.6 is 0 Å². The summed E-state index contributed by atoms with van der Waals surface area (Å²) < 4.78 is 22.5. The number of nitrogens with one attached hydrogen (secondary N) is 1. The maximum atomic E-state index is 13.5. The minimum Gasteiger partial charge on any atom is -0.497 e. The summed E-state index contributed by atoms with van der Waals surface area (Å²) in [4.78, 5) is 45.3. The normalized spacial score (nSPS) is 17.4. The Kier molecular flexibility index (Phi) is 9.55. The van der Waals surface area contributed by atoms with Crippen molar-refractivity contribution < 1.29 is 33.3 Å². The molecule has 0 aliphatic carbocycles. The Morgan fingerprint density at radius 2 is 1.81 bits per heavy atom. The topological polar surface area (TPSA) is 116 Å². The van der Waals surface area contributed by atoms with Gasteiger partial charge in [0.15, 0.2) is 0 Å². The van der Waals surface area contributed by atoms with Gasteiger partial charge >= 0.3 is 12.1 Å². The Labute approximate surface area is 246 Å². The van der Waals surface area contributed by atoms with E-state index in [9.17, 15) is 14.4 Å². The molecule has 1 aliphatic rings. The molecule has 1 saturated heterocycles. The van der Waals surface area contributed by atoms with Crippen molar-refractivity contribution in [2.45, 2.75) is 70.7 Å². The van der Waals surface area contributed by atoms with Crippen LogP contribution in [0, 0.1) is 0 Å². The highest BCUT2D eigenvalue weighted by Gasteiger charge is 2.43. The number of carbonyl (C=O) groups excluding carboxylic acids is 3. The van der Waals surface area contributed by atoms with Crippen molar-refractivity contribution in [3.8, 4) is 22.8 Å². The number of esters is 1. The molecule has 0 bridgehead atoms. The first kappa shape index (κ1) is 30.6. The second-order valence-electron chi connectivity index (χ2n) is 11.3. The van der Waals surface area contributed by atoms with Crippen molar-refractivity contribution in [1.29, 1.82) is 0 Å². The number of likely N-dealkylation sites (tertiary alicyclic amines) is 1. The van der Waals surface area contributed by atoms with E-state index in [1.165, 1.54) is 12.0 Å². The first-order chi connectivity index (χ1) is 20.0. The maximum Gasteiger partial charge on any atom is 0.411 e. The van der Waals surface area contributed by atoms with Gasteiger partial charge < -0.3 is 24.3 Å². The molecule has 3 aromatic rings. The van der Waals surface area contributed by atoms with Crippen LogP contribution in [0.15, 0.2) is 54.6 Å². The lowest BCUT2D eigenvalue weighted by Crippen LogP contribution is -2.51. The van der Waals surface area contributed by atoms with Crippen LogP contribution in [-0.4, -0.2) is 72.4 Å². The van der Waals surface area contributed by atoms with Gasteiger partial charge in [-0.2, -0.15) is 0 Å². The van der Waals surface area contributed by atoms with Crippen LogP contribution in [0.1, 0.15) is 47.0 Å². The molecule has 1 N–H and O–H groups in total. The lowest BCUT2D eigenvalue weighted by atomic mass is 10.1. The summed E-state index contributed by atoms with van der Waals surface area (Å²) in [5.74, 6) is 0.222. The molecule has 2 heterocycles. The number of amides is 2. The predicted octanol–water partition coefficient (Wildman–Crippen LogP) is 5.13. The van der Waals surface area contributed by atoms with Gasteiger partial charge in [0, 0.05) is 29.5 Å². The number of aromatic nitrogens is 1. The highest BCUT2D eigenvalue weighted by molar-refractivity contribution is 5.91. The molecule has 42 heavy (non-hydrogen) atoms. The minimum atomic E-state index is -0.907. The van der Waals surface area contributed by atoms with Gasteiger partial charge in [0.2, 0.25) is 5.91 Å². The van der Waals surface area contributed by atoms with Crippen LogP contribution in [0.2, 0.25) is 0 Å². The third-order valence-corrected chi connectivity index (χ3v) is 6.92. The van der Waals surface area contributed by atoms with E-state index >= 15 is 0 Å². The number of rotatable bonds is 9. The smallest absolute Gasteiger partial charge is 0.411 e. The molecule has 0 spiro atoms. The zero-order valence-electron chi connectivity index (χ0n) is 25.0. The lowest BCUT2D eigenvalue weighted by molar-refractivity contribution is -0.145. The van der Waals surface area contributed by atoms with Crippen molar-refractivity contribution in [3.63, 3.8) is 0 Å². The van der Waals surface area contributed by atoms with Crippen LogP contribution in [0.3, 0.4) is 0 Å². The number of pyridine rings is 1. The number of carbonyl (C=O) groups is 3. The predicted molar refractivity (Wildman–Crippen MR) is 158 cm³/mol. The average molecular weight is 578 g/mol. The first-order valence-electron chi connectivity index (χ1n) is 14.1. The SMILES string of the molecule is CCC[C@H](NC(=O)C1CC(Oc2cc(-c3ccccc3)nc3cc(OC)ccc23)CN1C(=O)OC(C)(C)C)C(=O)OC. The van der Waals surface area contributed by atoms with Crippen molar-refractivity contribution in [2.75, 3.05) is 20.8 Å². The van der Waals surface area contributed by atoms with E-state index in [0.29, 0.717) is 35.6 Å². The Balaban J connectivity index is 1.67. The van der Waals surface area contributed by atoms with E-state index in [2.05, 4.69) is 5.32 Å². The molecular weight excluding hydrogens is 538 g/mol. The van der Waals surface area contributed by atoms with E-state index < -0.39 is 41.8 Å². The maximum absolute atomic E-state index is 13.5. The second-order valence-corrected chi connectivity index (χ2v) is 11.3. The quantitative estimate of drug-likeness (QED) is 0.348. The number of benzene rings is 2. The standard InChI is InChI=1S/C32H39N3O7/c1-7-11-24(30(37)40-6)34-29(36)27-17-22(19-35(27)31(38)42-32(2,3)4)41-28-18-25(20-12-9-8-10-13-20)33-26-16-21(39-5)14-15-23(26)28/h8-10,12-16,18,22,24,27H,7,11,17,19H2,1-6H3,(H,34,36)/t22?,24-,27?/m0/s1. The molecule has 1 aliphatic heterocycles. The minimum absolute atomic E-state index is 0.115. The van der Waals surface area contributed by atoms with Gasteiger partial charge in [-0.15, -0.1) is 0 Å². The molecular formula is C32H39N3O7. The monoisotopic (exact) mass is 577 g/mol. The van der Waals surface area contributed by atoms with Crippen LogP contribution in [0.25, 0.3) is 22.2 Å². The molecule has 1 aromatic heterocycles. The van der Waals surface area contributed by atoms with Crippen LogP contribution in [0.4, 0.5) is 4.79 Å². The molecule has 4 rings (SSSR count). The van der Waals surface area contributed by atoms with Gasteiger partial charge in [0.05, 0.1) is 32.0 Å². The average Bonchev–Trinajstić information content (AvgIpc) is 3.40. The second kappa shape index (κ2) is 13.1. The summed E-state index contributed by atoms with van der Waals surface area (Å²) in [7, 11) is 2.88. The Bertz CT molecular complexity index is 1420. The van der Waals surface area contributed by atoms with E-state index in [1.54, 1.807) is 27.9 Å². The van der Waals surface area contributed by atoms with Crippen molar-refractivity contribution in [3.05, 3.63) is 54.6 Å². The van der Waals surface area contributed by atoms with Crippen LogP contribution < -0.4 is 14.8 Å². The Morgan fingerprint density at radius 3 is 2.45 bits per heavy atom. The summed E-state index contributed by atoms with van der Waals surface area (Å²) in [6.45, 7) is 7.32. The van der Waals surface area contributed by atoms with Gasteiger partial charge in [-0.05, 0) is 39.3 Å². The molecule has 0 radical (unpaired) electrons. The molecule has 2 unspecified atom stereocenters. The van der Waals surface area contributed by atoms with Gasteiger partial charge in [-0.3, -0.25) is 9.69 Å². The fourth-order valence-corrected chi connectivity index (χ4v) is 4.94.